The molecule has 0 radical (unpaired) electrons. The van der Waals surface area contributed by atoms with Gasteiger partial charge < -0.3 is 5.73 Å². The summed E-state index contributed by atoms with van der Waals surface area (Å²) in [5.74, 6) is 0. The van der Waals surface area contributed by atoms with Gasteiger partial charge in [0.25, 0.3) is 0 Å². The minimum Gasteiger partial charge on any atom is -0.398 e. The van der Waals surface area contributed by atoms with E-state index in [1.54, 1.807) is 18.0 Å². The van der Waals surface area contributed by atoms with Crippen molar-refractivity contribution in [2.75, 3.05) is 5.73 Å². The quantitative estimate of drug-likeness (QED) is 0.854. The maximum Gasteiger partial charge on any atom is 0.115 e. The number of aromatic nitrogens is 1. The molecule has 0 bridgehead atoms. The number of pyridine rings is 1. The van der Waals surface area contributed by atoms with Crippen LogP contribution < -0.4 is 5.73 Å². The molecule has 0 aliphatic heterocycles. The van der Waals surface area contributed by atoms with Gasteiger partial charge in [0.1, 0.15) is 5.03 Å². The average Bonchev–Trinajstić information content (AvgIpc) is 2.26. The Hall–Kier alpha value is -1.00. The van der Waals surface area contributed by atoms with Crippen LogP contribution in [0.15, 0.2) is 50.9 Å². The molecule has 1 aromatic carbocycles. The third kappa shape index (κ3) is 2.39. The lowest BCUT2D eigenvalue weighted by Crippen LogP contribution is -1.91. The largest absolute Gasteiger partial charge is 0.398 e. The van der Waals surface area contributed by atoms with Crippen molar-refractivity contribution >= 4 is 33.4 Å². The van der Waals surface area contributed by atoms with Gasteiger partial charge in [-0.05, 0) is 46.6 Å². The summed E-state index contributed by atoms with van der Waals surface area (Å²) in [6.45, 7) is 2.05. The first-order chi connectivity index (χ1) is 7.68. The van der Waals surface area contributed by atoms with Crippen LogP contribution in [-0.4, -0.2) is 4.98 Å². The summed E-state index contributed by atoms with van der Waals surface area (Å²) >= 11 is 5.06. The fourth-order valence-electron chi connectivity index (χ4n) is 1.36. The molecule has 0 fully saturated rings. The number of nitrogen functional groups attached to an aromatic ring is 1. The Kier molecular flexibility index (Phi) is 3.51. The molecule has 0 amide bonds. The molecule has 16 heavy (non-hydrogen) atoms. The van der Waals surface area contributed by atoms with E-state index in [-0.39, 0.29) is 0 Å². The van der Waals surface area contributed by atoms with Crippen LogP contribution >= 0.6 is 27.7 Å². The van der Waals surface area contributed by atoms with E-state index in [9.17, 15) is 0 Å². The number of benzene rings is 1. The third-order valence-electron chi connectivity index (χ3n) is 2.17. The van der Waals surface area contributed by atoms with Crippen molar-refractivity contribution in [2.45, 2.75) is 16.8 Å². The Morgan fingerprint density at radius 2 is 2.06 bits per heavy atom. The summed E-state index contributed by atoms with van der Waals surface area (Å²) in [7, 11) is 0. The highest BCUT2D eigenvalue weighted by Gasteiger charge is 2.08. The van der Waals surface area contributed by atoms with E-state index in [1.165, 1.54) is 5.56 Å². The van der Waals surface area contributed by atoms with Crippen LogP contribution in [0, 0.1) is 6.92 Å². The first-order valence-corrected chi connectivity index (χ1v) is 6.43. The molecule has 2 rings (SSSR count). The van der Waals surface area contributed by atoms with Crippen molar-refractivity contribution in [2.24, 2.45) is 0 Å². The predicted octanol–water partition coefficient (Wildman–Crippen LogP) is 3.89. The van der Waals surface area contributed by atoms with Gasteiger partial charge in [-0.15, -0.1) is 0 Å². The summed E-state index contributed by atoms with van der Waals surface area (Å²) in [6.07, 6.45) is 1.78. The zero-order valence-corrected chi connectivity index (χ0v) is 11.2. The van der Waals surface area contributed by atoms with Crippen molar-refractivity contribution < 1.29 is 0 Å². The fraction of sp³-hybridized carbons (Fsp3) is 0.0833. The molecular formula is C12H11BrN2S. The van der Waals surface area contributed by atoms with Crippen molar-refractivity contribution in [1.29, 1.82) is 0 Å². The van der Waals surface area contributed by atoms with Gasteiger partial charge in [0.2, 0.25) is 0 Å². The number of nitrogens with two attached hydrogens (primary N) is 1. The molecule has 1 heterocycles. The maximum atomic E-state index is 5.96. The molecule has 2 nitrogen and oxygen atoms in total. The number of hydrogen-bond donors (Lipinski definition) is 1. The highest BCUT2D eigenvalue weighted by molar-refractivity contribution is 9.10. The van der Waals surface area contributed by atoms with Crippen molar-refractivity contribution in [1.82, 2.24) is 4.98 Å². The van der Waals surface area contributed by atoms with Gasteiger partial charge in [-0.2, -0.15) is 0 Å². The minimum absolute atomic E-state index is 0.794. The van der Waals surface area contributed by atoms with Crippen LogP contribution in [0.2, 0.25) is 0 Å². The molecule has 0 aliphatic rings. The van der Waals surface area contributed by atoms with E-state index in [2.05, 4.69) is 33.9 Å². The summed E-state index contributed by atoms with van der Waals surface area (Å²) in [4.78, 5) is 5.39. The minimum atomic E-state index is 0.794. The lowest BCUT2D eigenvalue weighted by Gasteiger charge is -2.08. The number of aryl methyl sites for hydroxylation is 1. The SMILES string of the molecule is Cc1cccc(N)c1Sc1ncccc1Br. The lowest BCUT2D eigenvalue weighted by atomic mass is 10.2. The molecule has 0 atom stereocenters. The van der Waals surface area contributed by atoms with Gasteiger partial charge in [-0.3, -0.25) is 0 Å². The van der Waals surface area contributed by atoms with Crippen LogP contribution in [0.5, 0.6) is 0 Å². The van der Waals surface area contributed by atoms with Crippen molar-refractivity contribution in [3.05, 3.63) is 46.6 Å². The first-order valence-electron chi connectivity index (χ1n) is 4.82. The second-order valence-electron chi connectivity index (χ2n) is 3.39. The Bertz CT molecular complexity index is 494. The summed E-state index contributed by atoms with van der Waals surface area (Å²) in [5, 5.41) is 0.934. The van der Waals surface area contributed by atoms with E-state index >= 15 is 0 Å². The van der Waals surface area contributed by atoms with E-state index in [0.717, 1.165) is 20.1 Å². The molecule has 0 unspecified atom stereocenters. The molecule has 0 aliphatic carbocycles. The van der Waals surface area contributed by atoms with E-state index in [4.69, 9.17) is 5.73 Å². The molecule has 0 saturated heterocycles. The summed E-state index contributed by atoms with van der Waals surface area (Å²) < 4.78 is 0.989. The van der Waals surface area contributed by atoms with E-state index < -0.39 is 0 Å². The molecule has 2 aromatic rings. The van der Waals surface area contributed by atoms with E-state index in [0.29, 0.717) is 0 Å². The average molecular weight is 295 g/mol. The number of anilines is 1. The Morgan fingerprint density at radius 1 is 1.25 bits per heavy atom. The maximum absolute atomic E-state index is 5.96. The summed E-state index contributed by atoms with van der Waals surface area (Å²) in [6, 6.07) is 9.79. The highest BCUT2D eigenvalue weighted by Crippen LogP contribution is 2.36. The molecular weight excluding hydrogens is 284 g/mol. The Morgan fingerprint density at radius 3 is 2.75 bits per heavy atom. The van der Waals surface area contributed by atoms with Crippen molar-refractivity contribution in [3.63, 3.8) is 0 Å². The van der Waals surface area contributed by atoms with Crippen LogP contribution in [0.25, 0.3) is 0 Å². The lowest BCUT2D eigenvalue weighted by molar-refractivity contribution is 1.11. The number of hydrogen-bond acceptors (Lipinski definition) is 3. The third-order valence-corrected chi connectivity index (χ3v) is 4.35. The molecule has 1 aromatic heterocycles. The smallest absolute Gasteiger partial charge is 0.115 e. The van der Waals surface area contributed by atoms with Crippen LogP contribution in [0.3, 0.4) is 0 Å². The number of halogens is 1. The van der Waals surface area contributed by atoms with Gasteiger partial charge >= 0.3 is 0 Å². The van der Waals surface area contributed by atoms with Crippen LogP contribution in [0.1, 0.15) is 5.56 Å². The standard InChI is InChI=1S/C12H11BrN2S/c1-8-4-2-6-10(14)11(8)16-12-9(13)5-3-7-15-12/h2-7H,14H2,1H3. The summed E-state index contributed by atoms with van der Waals surface area (Å²) in [5.41, 5.74) is 7.92. The van der Waals surface area contributed by atoms with Gasteiger partial charge in [0, 0.05) is 16.8 Å². The second-order valence-corrected chi connectivity index (χ2v) is 5.24. The molecule has 0 spiro atoms. The molecule has 2 N–H and O–H groups in total. The first kappa shape index (κ1) is 11.5. The van der Waals surface area contributed by atoms with Gasteiger partial charge in [0.15, 0.2) is 0 Å². The number of nitrogens with zero attached hydrogens (tertiary/aromatic N) is 1. The topological polar surface area (TPSA) is 38.9 Å². The van der Waals surface area contributed by atoms with Crippen LogP contribution in [-0.2, 0) is 0 Å². The predicted molar refractivity (Wildman–Crippen MR) is 71.7 cm³/mol. The zero-order chi connectivity index (χ0) is 11.5. The van der Waals surface area contributed by atoms with Crippen LogP contribution in [0.4, 0.5) is 5.69 Å². The zero-order valence-electron chi connectivity index (χ0n) is 8.77. The number of rotatable bonds is 2. The second kappa shape index (κ2) is 4.89. The Labute approximate surface area is 107 Å². The fourth-order valence-corrected chi connectivity index (χ4v) is 2.74. The van der Waals surface area contributed by atoms with Gasteiger partial charge in [0.05, 0.1) is 4.47 Å². The molecule has 82 valence electrons. The van der Waals surface area contributed by atoms with Crippen molar-refractivity contribution in [3.8, 4) is 0 Å². The molecule has 4 heteroatoms. The van der Waals surface area contributed by atoms with Gasteiger partial charge in [-0.25, -0.2) is 4.98 Å². The highest BCUT2D eigenvalue weighted by atomic mass is 79.9. The molecule has 0 saturated carbocycles. The van der Waals surface area contributed by atoms with E-state index in [1.807, 2.05) is 24.3 Å². The van der Waals surface area contributed by atoms with Gasteiger partial charge in [-0.1, -0.05) is 23.9 Å². The Balaban J connectivity index is 2.38. The normalized spacial score (nSPS) is 10.4. The monoisotopic (exact) mass is 294 g/mol.